The summed E-state index contributed by atoms with van der Waals surface area (Å²) < 4.78 is 0. The Labute approximate surface area is 183 Å². The molecule has 0 radical (unpaired) electrons. The summed E-state index contributed by atoms with van der Waals surface area (Å²) in [6, 6.07) is 14.3. The molecule has 1 N–H and O–H groups in total. The summed E-state index contributed by atoms with van der Waals surface area (Å²) in [4.78, 5) is 27.6. The molecule has 0 aliphatic carbocycles. The van der Waals surface area contributed by atoms with Gasteiger partial charge in [-0.05, 0) is 56.0 Å². The molecule has 6 heteroatoms. The van der Waals surface area contributed by atoms with Gasteiger partial charge in [-0.25, -0.2) is 0 Å². The molecular weight excluding hydrogens is 407 g/mol. The van der Waals surface area contributed by atoms with Crippen molar-refractivity contribution in [3.63, 3.8) is 0 Å². The van der Waals surface area contributed by atoms with Gasteiger partial charge in [0.25, 0.3) is 0 Å². The number of halogens is 2. The number of benzene rings is 2. The zero-order valence-corrected chi connectivity index (χ0v) is 18.6. The van der Waals surface area contributed by atoms with Gasteiger partial charge in [-0.3, -0.25) is 9.59 Å². The number of aryl methyl sites for hydroxylation is 1. The number of carbonyl (C=O) groups excluding carboxylic acids is 2. The summed E-state index contributed by atoms with van der Waals surface area (Å²) in [5.74, 6) is -0.215. The highest BCUT2D eigenvalue weighted by atomic mass is 35.5. The van der Waals surface area contributed by atoms with Crippen molar-refractivity contribution < 1.29 is 9.59 Å². The van der Waals surface area contributed by atoms with Crippen LogP contribution in [-0.2, 0) is 22.6 Å². The van der Waals surface area contributed by atoms with Gasteiger partial charge < -0.3 is 10.2 Å². The third-order valence-electron chi connectivity index (χ3n) is 4.65. The van der Waals surface area contributed by atoms with Gasteiger partial charge in [0, 0.05) is 29.1 Å². The minimum absolute atomic E-state index is 0.00663. The standard InChI is InChI=1S/C23H28Cl2N2O2/c1-4-21(23(29)26-16(2)3)27(15-17-9-12-19(24)13-10-17)22(28)14-11-18-7-5-6-8-20(18)25/h5-10,12-13,16,21H,4,11,14-15H2,1-3H3,(H,26,29)/t21-/m0/s1. The van der Waals surface area contributed by atoms with E-state index in [0.29, 0.717) is 29.4 Å². The van der Waals surface area contributed by atoms with Crippen LogP contribution in [0.4, 0.5) is 0 Å². The maximum Gasteiger partial charge on any atom is 0.243 e. The molecule has 2 amide bonds. The minimum Gasteiger partial charge on any atom is -0.352 e. The lowest BCUT2D eigenvalue weighted by molar-refractivity contribution is -0.141. The fourth-order valence-corrected chi connectivity index (χ4v) is 3.53. The maximum atomic E-state index is 13.2. The Kier molecular flexibility index (Phi) is 8.99. The topological polar surface area (TPSA) is 49.4 Å². The molecule has 0 fully saturated rings. The molecule has 0 bridgehead atoms. The lowest BCUT2D eigenvalue weighted by Gasteiger charge is -2.31. The van der Waals surface area contributed by atoms with E-state index in [4.69, 9.17) is 23.2 Å². The van der Waals surface area contributed by atoms with Crippen molar-refractivity contribution in [2.75, 3.05) is 0 Å². The Balaban J connectivity index is 2.21. The van der Waals surface area contributed by atoms with Gasteiger partial charge >= 0.3 is 0 Å². The van der Waals surface area contributed by atoms with Crippen LogP contribution in [0.3, 0.4) is 0 Å². The average molecular weight is 435 g/mol. The quantitative estimate of drug-likeness (QED) is 0.584. The molecule has 1 atom stereocenters. The first-order chi connectivity index (χ1) is 13.8. The Morgan fingerprint density at radius 3 is 2.28 bits per heavy atom. The van der Waals surface area contributed by atoms with E-state index in [2.05, 4.69) is 5.32 Å². The van der Waals surface area contributed by atoms with E-state index in [1.807, 2.05) is 57.2 Å². The lowest BCUT2D eigenvalue weighted by Crippen LogP contribution is -2.50. The zero-order chi connectivity index (χ0) is 21.4. The highest BCUT2D eigenvalue weighted by molar-refractivity contribution is 6.31. The van der Waals surface area contributed by atoms with Crippen LogP contribution < -0.4 is 5.32 Å². The first-order valence-electron chi connectivity index (χ1n) is 9.89. The number of rotatable bonds is 9. The summed E-state index contributed by atoms with van der Waals surface area (Å²) in [5.41, 5.74) is 1.85. The molecule has 156 valence electrons. The van der Waals surface area contributed by atoms with Gasteiger partial charge in [0.2, 0.25) is 11.8 Å². The molecule has 0 heterocycles. The van der Waals surface area contributed by atoms with Crippen LogP contribution in [-0.4, -0.2) is 28.8 Å². The predicted molar refractivity (Wildman–Crippen MR) is 119 cm³/mol. The molecule has 29 heavy (non-hydrogen) atoms. The van der Waals surface area contributed by atoms with E-state index >= 15 is 0 Å². The zero-order valence-electron chi connectivity index (χ0n) is 17.1. The molecule has 0 aliphatic heterocycles. The SMILES string of the molecule is CC[C@@H](C(=O)NC(C)C)N(Cc1ccc(Cl)cc1)C(=O)CCc1ccccc1Cl. The average Bonchev–Trinajstić information content (AvgIpc) is 2.68. The summed E-state index contributed by atoms with van der Waals surface area (Å²) >= 11 is 12.2. The van der Waals surface area contributed by atoms with Crippen LogP contribution in [0.1, 0.15) is 44.7 Å². The van der Waals surface area contributed by atoms with Crippen molar-refractivity contribution in [3.8, 4) is 0 Å². The van der Waals surface area contributed by atoms with Crippen LogP contribution >= 0.6 is 23.2 Å². The number of amides is 2. The second kappa shape index (κ2) is 11.2. The molecule has 2 aromatic carbocycles. The Morgan fingerprint density at radius 2 is 1.69 bits per heavy atom. The van der Waals surface area contributed by atoms with E-state index in [-0.39, 0.29) is 24.3 Å². The third-order valence-corrected chi connectivity index (χ3v) is 5.27. The summed E-state index contributed by atoms with van der Waals surface area (Å²) in [6.45, 7) is 6.09. The van der Waals surface area contributed by atoms with Crippen LogP contribution in [0.2, 0.25) is 10.0 Å². The number of hydrogen-bond donors (Lipinski definition) is 1. The van der Waals surface area contributed by atoms with Crippen LogP contribution in [0, 0.1) is 0 Å². The fourth-order valence-electron chi connectivity index (χ4n) is 3.17. The van der Waals surface area contributed by atoms with Crippen molar-refractivity contribution in [2.45, 2.75) is 58.7 Å². The second-order valence-electron chi connectivity index (χ2n) is 7.33. The smallest absolute Gasteiger partial charge is 0.243 e. The lowest BCUT2D eigenvalue weighted by atomic mass is 10.1. The van der Waals surface area contributed by atoms with E-state index < -0.39 is 6.04 Å². The van der Waals surface area contributed by atoms with Gasteiger partial charge in [0.05, 0.1) is 0 Å². The van der Waals surface area contributed by atoms with Crippen molar-refractivity contribution in [1.29, 1.82) is 0 Å². The first-order valence-corrected chi connectivity index (χ1v) is 10.6. The van der Waals surface area contributed by atoms with E-state index in [1.54, 1.807) is 17.0 Å². The van der Waals surface area contributed by atoms with Crippen LogP contribution in [0.5, 0.6) is 0 Å². The number of carbonyl (C=O) groups is 2. The van der Waals surface area contributed by atoms with Gasteiger partial charge in [0.1, 0.15) is 6.04 Å². The normalized spacial score (nSPS) is 11.9. The molecule has 0 spiro atoms. The second-order valence-corrected chi connectivity index (χ2v) is 8.17. The fraction of sp³-hybridized carbons (Fsp3) is 0.391. The molecule has 2 rings (SSSR count). The minimum atomic E-state index is -0.535. The van der Waals surface area contributed by atoms with Gasteiger partial charge in [-0.15, -0.1) is 0 Å². The van der Waals surface area contributed by atoms with Gasteiger partial charge in [0.15, 0.2) is 0 Å². The van der Waals surface area contributed by atoms with Crippen molar-refractivity contribution in [3.05, 3.63) is 69.7 Å². The number of hydrogen-bond acceptors (Lipinski definition) is 2. The monoisotopic (exact) mass is 434 g/mol. The predicted octanol–water partition coefficient (Wildman–Crippen LogP) is 5.26. The molecule has 0 unspecified atom stereocenters. The molecule has 0 aromatic heterocycles. The van der Waals surface area contributed by atoms with Gasteiger partial charge in [-0.1, -0.05) is 60.5 Å². The molecule has 0 saturated carbocycles. The van der Waals surface area contributed by atoms with Crippen molar-refractivity contribution in [1.82, 2.24) is 10.2 Å². The Bertz CT molecular complexity index is 822. The van der Waals surface area contributed by atoms with E-state index in [1.165, 1.54) is 0 Å². The van der Waals surface area contributed by atoms with Crippen molar-refractivity contribution in [2.24, 2.45) is 0 Å². The Hall–Kier alpha value is -2.04. The number of nitrogens with zero attached hydrogens (tertiary/aromatic N) is 1. The molecule has 2 aromatic rings. The molecule has 0 aliphatic rings. The van der Waals surface area contributed by atoms with E-state index in [9.17, 15) is 9.59 Å². The summed E-state index contributed by atoms with van der Waals surface area (Å²) in [6.07, 6.45) is 1.34. The summed E-state index contributed by atoms with van der Waals surface area (Å²) in [5, 5.41) is 4.21. The first kappa shape index (κ1) is 23.2. The van der Waals surface area contributed by atoms with Crippen LogP contribution in [0.25, 0.3) is 0 Å². The maximum absolute atomic E-state index is 13.2. The molecule has 4 nitrogen and oxygen atoms in total. The summed E-state index contributed by atoms with van der Waals surface area (Å²) in [7, 11) is 0. The van der Waals surface area contributed by atoms with Gasteiger partial charge in [-0.2, -0.15) is 0 Å². The number of nitrogens with one attached hydrogen (secondary N) is 1. The van der Waals surface area contributed by atoms with Crippen molar-refractivity contribution >= 4 is 35.0 Å². The molecular formula is C23H28Cl2N2O2. The highest BCUT2D eigenvalue weighted by Gasteiger charge is 2.28. The third kappa shape index (κ3) is 7.06. The van der Waals surface area contributed by atoms with Crippen LogP contribution in [0.15, 0.2) is 48.5 Å². The highest BCUT2D eigenvalue weighted by Crippen LogP contribution is 2.20. The van der Waals surface area contributed by atoms with E-state index in [0.717, 1.165) is 11.1 Å². The molecule has 0 saturated heterocycles. The Morgan fingerprint density at radius 1 is 1.03 bits per heavy atom. The largest absolute Gasteiger partial charge is 0.352 e.